The van der Waals surface area contributed by atoms with Crippen LogP contribution in [0.5, 0.6) is 0 Å². The van der Waals surface area contributed by atoms with E-state index in [1.54, 1.807) is 36.6 Å². The highest BCUT2D eigenvalue weighted by Gasteiger charge is 2.09. The van der Waals surface area contributed by atoms with Crippen LogP contribution in [-0.4, -0.2) is 23.5 Å². The molecule has 110 valence electrons. The van der Waals surface area contributed by atoms with Crippen molar-refractivity contribution >= 4 is 11.9 Å². The van der Waals surface area contributed by atoms with Crippen molar-refractivity contribution in [3.05, 3.63) is 59.5 Å². The Labute approximate surface area is 122 Å². The van der Waals surface area contributed by atoms with Gasteiger partial charge < -0.3 is 14.8 Å². The maximum Gasteiger partial charge on any atom is 0.335 e. The van der Waals surface area contributed by atoms with Crippen molar-refractivity contribution in [2.45, 2.75) is 19.3 Å². The summed E-state index contributed by atoms with van der Waals surface area (Å²) in [5.41, 5.74) is 0.999. The molecule has 0 radical (unpaired) electrons. The summed E-state index contributed by atoms with van der Waals surface area (Å²) >= 11 is 0. The second kappa shape index (κ2) is 7.28. The fourth-order valence-electron chi connectivity index (χ4n) is 2.06. The summed E-state index contributed by atoms with van der Waals surface area (Å²) in [6.45, 7) is 0.418. The average Bonchev–Trinajstić information content (AvgIpc) is 2.99. The number of furan rings is 1. The van der Waals surface area contributed by atoms with E-state index in [9.17, 15) is 9.59 Å². The Morgan fingerprint density at radius 3 is 2.62 bits per heavy atom. The number of carboxylic acid groups (broad SMARTS) is 1. The van der Waals surface area contributed by atoms with Gasteiger partial charge in [0.1, 0.15) is 5.76 Å². The fraction of sp³-hybridized carbons (Fsp3) is 0.250. The van der Waals surface area contributed by atoms with Crippen molar-refractivity contribution in [1.29, 1.82) is 0 Å². The first-order valence-corrected chi connectivity index (χ1v) is 6.77. The van der Waals surface area contributed by atoms with Crippen molar-refractivity contribution in [3.63, 3.8) is 0 Å². The molecule has 0 aliphatic carbocycles. The quantitative estimate of drug-likeness (QED) is 0.818. The summed E-state index contributed by atoms with van der Waals surface area (Å²) in [5, 5.41) is 11.9. The van der Waals surface area contributed by atoms with Gasteiger partial charge in [-0.2, -0.15) is 0 Å². The van der Waals surface area contributed by atoms with Crippen molar-refractivity contribution in [2.24, 2.45) is 0 Å². The van der Waals surface area contributed by atoms with E-state index >= 15 is 0 Å². The Bertz CT molecular complexity index is 604. The Morgan fingerprint density at radius 2 is 1.90 bits per heavy atom. The number of amides is 1. The Kier molecular flexibility index (Phi) is 5.15. The number of benzene rings is 1. The lowest BCUT2D eigenvalue weighted by atomic mass is 10.0. The molecule has 1 amide bonds. The van der Waals surface area contributed by atoms with Gasteiger partial charge in [0, 0.05) is 19.4 Å². The molecule has 0 atom stereocenters. The molecule has 0 aliphatic rings. The molecule has 0 saturated heterocycles. The maximum absolute atomic E-state index is 11.7. The number of aromatic carboxylic acids is 1. The molecule has 0 bridgehead atoms. The van der Waals surface area contributed by atoms with Crippen LogP contribution in [-0.2, 0) is 17.6 Å². The van der Waals surface area contributed by atoms with Gasteiger partial charge in [-0.15, -0.1) is 0 Å². The van der Waals surface area contributed by atoms with Crippen molar-refractivity contribution in [1.82, 2.24) is 5.32 Å². The predicted octanol–water partition coefficient (Wildman–Crippen LogP) is 2.27. The van der Waals surface area contributed by atoms with Crippen LogP contribution in [0.1, 0.15) is 28.1 Å². The van der Waals surface area contributed by atoms with E-state index in [0.717, 1.165) is 11.3 Å². The number of carbonyl (C=O) groups excluding carboxylic acids is 1. The van der Waals surface area contributed by atoms with Gasteiger partial charge in [-0.3, -0.25) is 4.79 Å². The Morgan fingerprint density at radius 1 is 1.10 bits per heavy atom. The minimum absolute atomic E-state index is 0.0702. The van der Waals surface area contributed by atoms with Gasteiger partial charge in [0.15, 0.2) is 0 Å². The molecule has 1 aromatic heterocycles. The summed E-state index contributed by atoms with van der Waals surface area (Å²) in [6, 6.07) is 10.4. The minimum Gasteiger partial charge on any atom is -0.478 e. The molecular weight excluding hydrogens is 270 g/mol. The number of hydrogen-bond acceptors (Lipinski definition) is 3. The van der Waals surface area contributed by atoms with E-state index in [1.165, 1.54) is 0 Å². The summed E-state index contributed by atoms with van der Waals surface area (Å²) in [5.74, 6) is -0.240. The zero-order valence-electron chi connectivity index (χ0n) is 11.5. The van der Waals surface area contributed by atoms with Gasteiger partial charge >= 0.3 is 5.97 Å². The first-order chi connectivity index (χ1) is 10.2. The fourth-order valence-corrected chi connectivity index (χ4v) is 2.06. The molecule has 5 nitrogen and oxygen atoms in total. The second-order valence-electron chi connectivity index (χ2n) is 4.64. The highest BCUT2D eigenvalue weighted by atomic mass is 16.4. The molecule has 1 aromatic carbocycles. The number of carbonyl (C=O) groups is 2. The second-order valence-corrected chi connectivity index (χ2v) is 4.64. The van der Waals surface area contributed by atoms with Crippen LogP contribution in [0.2, 0.25) is 0 Å². The van der Waals surface area contributed by atoms with Crippen molar-refractivity contribution < 1.29 is 19.1 Å². The Balaban J connectivity index is 1.76. The van der Waals surface area contributed by atoms with Gasteiger partial charge in [0.25, 0.3) is 0 Å². The molecule has 21 heavy (non-hydrogen) atoms. The lowest BCUT2D eigenvalue weighted by Gasteiger charge is -2.07. The monoisotopic (exact) mass is 287 g/mol. The number of rotatable bonds is 7. The highest BCUT2D eigenvalue weighted by Crippen LogP contribution is 2.09. The van der Waals surface area contributed by atoms with Crippen molar-refractivity contribution in [3.8, 4) is 0 Å². The smallest absolute Gasteiger partial charge is 0.335 e. The third-order valence-electron chi connectivity index (χ3n) is 3.14. The molecular formula is C16H17NO4. The molecule has 5 heteroatoms. The van der Waals surface area contributed by atoms with Crippen LogP contribution in [0.15, 0.2) is 47.1 Å². The molecule has 0 aliphatic heterocycles. The van der Waals surface area contributed by atoms with Gasteiger partial charge in [-0.05, 0) is 30.2 Å². The van der Waals surface area contributed by atoms with Crippen LogP contribution in [0.25, 0.3) is 0 Å². The number of nitrogens with one attached hydrogen (secondary N) is 1. The van der Waals surface area contributed by atoms with E-state index in [-0.39, 0.29) is 11.5 Å². The molecule has 1 heterocycles. The number of carboxylic acids is 1. The van der Waals surface area contributed by atoms with E-state index in [2.05, 4.69) is 5.32 Å². The summed E-state index contributed by atoms with van der Waals surface area (Å²) in [4.78, 5) is 22.7. The zero-order valence-corrected chi connectivity index (χ0v) is 11.5. The van der Waals surface area contributed by atoms with Crippen molar-refractivity contribution in [2.75, 3.05) is 6.54 Å². The average molecular weight is 287 g/mol. The topological polar surface area (TPSA) is 79.5 Å². The van der Waals surface area contributed by atoms with Crippen LogP contribution in [0.3, 0.4) is 0 Å². The van der Waals surface area contributed by atoms with Gasteiger partial charge in [-0.25, -0.2) is 4.79 Å². The van der Waals surface area contributed by atoms with Gasteiger partial charge in [0.2, 0.25) is 5.91 Å². The predicted molar refractivity (Wildman–Crippen MR) is 77.1 cm³/mol. The highest BCUT2D eigenvalue weighted by molar-refractivity contribution is 5.89. The third kappa shape index (κ3) is 4.49. The standard InChI is InChI=1S/C16H17NO4/c18-15(8-7-13-5-3-11-21-13)17-10-9-12-4-1-2-6-14(12)16(19)20/h1-6,11H,7-10H2,(H,17,18)(H,19,20). The van der Waals surface area contributed by atoms with E-state index in [1.807, 2.05) is 6.07 Å². The van der Waals surface area contributed by atoms with Gasteiger partial charge in [0.05, 0.1) is 11.8 Å². The van der Waals surface area contributed by atoms with Crippen LogP contribution in [0, 0.1) is 0 Å². The number of hydrogen-bond donors (Lipinski definition) is 2. The van der Waals surface area contributed by atoms with Crippen LogP contribution < -0.4 is 5.32 Å². The maximum atomic E-state index is 11.7. The lowest BCUT2D eigenvalue weighted by molar-refractivity contribution is -0.121. The summed E-state index contributed by atoms with van der Waals surface area (Å²) in [6.07, 6.45) is 2.99. The first kappa shape index (κ1) is 14.8. The first-order valence-electron chi connectivity index (χ1n) is 6.77. The molecule has 0 saturated carbocycles. The minimum atomic E-state index is -0.949. The zero-order chi connectivity index (χ0) is 15.1. The molecule has 0 unspecified atom stereocenters. The summed E-state index contributed by atoms with van der Waals surface area (Å²) < 4.78 is 5.15. The lowest BCUT2D eigenvalue weighted by Crippen LogP contribution is -2.26. The molecule has 0 fully saturated rings. The normalized spacial score (nSPS) is 10.3. The van der Waals surface area contributed by atoms with Crippen LogP contribution in [0.4, 0.5) is 0 Å². The number of aryl methyl sites for hydroxylation is 1. The molecule has 2 aromatic rings. The SMILES string of the molecule is O=C(CCc1ccco1)NCCc1ccccc1C(=O)O. The van der Waals surface area contributed by atoms with E-state index < -0.39 is 5.97 Å². The summed E-state index contributed by atoms with van der Waals surface area (Å²) in [7, 11) is 0. The Hall–Kier alpha value is -2.56. The molecule has 2 rings (SSSR count). The van der Waals surface area contributed by atoms with Gasteiger partial charge in [-0.1, -0.05) is 18.2 Å². The van der Waals surface area contributed by atoms with E-state index in [0.29, 0.717) is 25.8 Å². The third-order valence-corrected chi connectivity index (χ3v) is 3.14. The molecule has 2 N–H and O–H groups in total. The molecule has 0 spiro atoms. The van der Waals surface area contributed by atoms with Crippen LogP contribution >= 0.6 is 0 Å². The largest absolute Gasteiger partial charge is 0.478 e. The van der Waals surface area contributed by atoms with E-state index in [4.69, 9.17) is 9.52 Å².